The van der Waals surface area contributed by atoms with Gasteiger partial charge in [-0.1, -0.05) is 41.4 Å². The van der Waals surface area contributed by atoms with E-state index in [1.165, 1.54) is 41.5 Å². The van der Waals surface area contributed by atoms with Gasteiger partial charge in [-0.05, 0) is 68.2 Å². The van der Waals surface area contributed by atoms with Crippen molar-refractivity contribution in [3.8, 4) is 0 Å². The topological polar surface area (TPSA) is 45.5 Å². The van der Waals surface area contributed by atoms with E-state index in [9.17, 15) is 4.79 Å². The fourth-order valence-corrected chi connectivity index (χ4v) is 5.39. The number of anilines is 1. The molecule has 2 aromatic heterocycles. The second-order valence-electron chi connectivity index (χ2n) is 7.34. The van der Waals surface area contributed by atoms with Crippen LogP contribution in [0.2, 0.25) is 0 Å². The number of carbonyl (C=O) groups excluding carboxylic acids is 1. The number of benzene rings is 1. The van der Waals surface area contributed by atoms with Gasteiger partial charge in [0.15, 0.2) is 5.76 Å². The SMILES string of the molecule is CCc1cc([C@H](c2cccc(Br)c2)N2CCCCC2)c(NC(=O)c2ccco2)s1. The maximum absolute atomic E-state index is 12.7. The Morgan fingerprint density at radius 3 is 2.72 bits per heavy atom. The summed E-state index contributed by atoms with van der Waals surface area (Å²) in [5.41, 5.74) is 2.42. The van der Waals surface area contributed by atoms with E-state index >= 15 is 0 Å². The summed E-state index contributed by atoms with van der Waals surface area (Å²) in [7, 11) is 0. The van der Waals surface area contributed by atoms with Gasteiger partial charge in [-0.25, -0.2) is 0 Å². The van der Waals surface area contributed by atoms with Gasteiger partial charge in [0.2, 0.25) is 0 Å². The normalized spacial score (nSPS) is 15.9. The number of likely N-dealkylation sites (tertiary alicyclic amines) is 1. The Morgan fingerprint density at radius 1 is 1.21 bits per heavy atom. The first-order valence-corrected chi connectivity index (χ1v) is 11.7. The van der Waals surface area contributed by atoms with Gasteiger partial charge in [-0.2, -0.15) is 0 Å². The van der Waals surface area contributed by atoms with E-state index in [2.05, 4.69) is 63.4 Å². The molecule has 1 N–H and O–H groups in total. The number of carbonyl (C=O) groups is 1. The van der Waals surface area contributed by atoms with Crippen LogP contribution in [-0.4, -0.2) is 23.9 Å². The minimum absolute atomic E-state index is 0.122. The molecule has 1 saturated heterocycles. The Labute approximate surface area is 184 Å². The number of thiophene rings is 1. The molecule has 3 aromatic rings. The van der Waals surface area contributed by atoms with Crippen molar-refractivity contribution in [2.75, 3.05) is 18.4 Å². The Hall–Kier alpha value is -1.89. The van der Waals surface area contributed by atoms with Crippen molar-refractivity contribution in [3.63, 3.8) is 0 Å². The number of hydrogen-bond acceptors (Lipinski definition) is 4. The summed E-state index contributed by atoms with van der Waals surface area (Å²) in [5, 5.41) is 4.03. The summed E-state index contributed by atoms with van der Waals surface area (Å²) < 4.78 is 6.37. The molecule has 0 saturated carbocycles. The Balaban J connectivity index is 1.75. The van der Waals surface area contributed by atoms with E-state index < -0.39 is 0 Å². The Morgan fingerprint density at radius 2 is 2.03 bits per heavy atom. The van der Waals surface area contributed by atoms with Crippen LogP contribution < -0.4 is 5.32 Å². The molecule has 152 valence electrons. The molecule has 0 radical (unpaired) electrons. The van der Waals surface area contributed by atoms with E-state index in [1.54, 1.807) is 23.5 Å². The summed E-state index contributed by atoms with van der Waals surface area (Å²) in [4.78, 5) is 16.5. The number of aryl methyl sites for hydroxylation is 1. The van der Waals surface area contributed by atoms with Crippen molar-refractivity contribution in [3.05, 3.63) is 75.0 Å². The predicted octanol–water partition coefficient (Wildman–Crippen LogP) is 6.49. The van der Waals surface area contributed by atoms with Gasteiger partial charge >= 0.3 is 0 Å². The molecule has 0 unspecified atom stereocenters. The second kappa shape index (κ2) is 9.28. The smallest absolute Gasteiger partial charge is 0.291 e. The van der Waals surface area contributed by atoms with Gasteiger partial charge in [0.25, 0.3) is 5.91 Å². The third-order valence-corrected chi connectivity index (χ3v) is 7.05. The van der Waals surface area contributed by atoms with Crippen LogP contribution in [0, 0.1) is 0 Å². The summed E-state index contributed by atoms with van der Waals surface area (Å²) in [5.74, 6) is 0.131. The van der Waals surface area contributed by atoms with Crippen LogP contribution in [0.5, 0.6) is 0 Å². The second-order valence-corrected chi connectivity index (χ2v) is 9.39. The van der Waals surface area contributed by atoms with Crippen molar-refractivity contribution in [2.24, 2.45) is 0 Å². The van der Waals surface area contributed by atoms with Gasteiger partial charge in [-0.15, -0.1) is 11.3 Å². The summed E-state index contributed by atoms with van der Waals surface area (Å²) in [6, 6.07) is 14.3. The lowest BCUT2D eigenvalue weighted by atomic mass is 9.96. The molecular formula is C23H25BrN2O2S. The molecule has 4 rings (SSSR count). The van der Waals surface area contributed by atoms with E-state index in [1.807, 2.05) is 0 Å². The number of halogens is 1. The highest BCUT2D eigenvalue weighted by molar-refractivity contribution is 9.10. The summed E-state index contributed by atoms with van der Waals surface area (Å²) in [6.07, 6.45) is 6.18. The van der Waals surface area contributed by atoms with Crippen LogP contribution in [0.25, 0.3) is 0 Å². The molecule has 4 nitrogen and oxygen atoms in total. The van der Waals surface area contributed by atoms with E-state index in [0.717, 1.165) is 29.0 Å². The molecular weight excluding hydrogens is 448 g/mol. The molecule has 29 heavy (non-hydrogen) atoms. The minimum Gasteiger partial charge on any atom is -0.459 e. The standard InChI is InChI=1S/C23H25BrN2O2S/c1-2-18-15-19(23(29-18)25-22(27)20-10-7-13-28-20)21(26-11-4-3-5-12-26)16-8-6-9-17(24)14-16/h6-10,13-15,21H,2-5,11-12H2,1H3,(H,25,27)/t21-/m0/s1. The van der Waals surface area contributed by atoms with Crippen LogP contribution in [0.3, 0.4) is 0 Å². The summed E-state index contributed by atoms with van der Waals surface area (Å²) in [6.45, 7) is 4.29. The average Bonchev–Trinajstić information content (AvgIpc) is 3.40. The average molecular weight is 473 g/mol. The molecule has 3 heterocycles. The molecule has 1 aliphatic heterocycles. The third-order valence-electron chi connectivity index (χ3n) is 5.35. The molecule has 0 aliphatic carbocycles. The quantitative estimate of drug-likeness (QED) is 0.445. The third kappa shape index (κ3) is 4.65. The fourth-order valence-electron chi connectivity index (χ4n) is 3.95. The van der Waals surface area contributed by atoms with Crippen molar-refractivity contribution in [1.82, 2.24) is 4.90 Å². The number of hydrogen-bond donors (Lipinski definition) is 1. The number of piperidine rings is 1. The Kier molecular flexibility index (Phi) is 6.53. The number of amides is 1. The molecule has 1 fully saturated rings. The first-order valence-electron chi connectivity index (χ1n) is 10.1. The van der Waals surface area contributed by atoms with E-state index in [4.69, 9.17) is 4.42 Å². The molecule has 1 aromatic carbocycles. The molecule has 6 heteroatoms. The van der Waals surface area contributed by atoms with Gasteiger partial charge in [0.1, 0.15) is 5.00 Å². The number of rotatable bonds is 6. The largest absolute Gasteiger partial charge is 0.459 e. The zero-order valence-corrected chi connectivity index (χ0v) is 18.9. The summed E-state index contributed by atoms with van der Waals surface area (Å²) >= 11 is 5.30. The highest BCUT2D eigenvalue weighted by Crippen LogP contribution is 2.41. The van der Waals surface area contributed by atoms with Crippen LogP contribution in [0.4, 0.5) is 5.00 Å². The first-order chi connectivity index (χ1) is 14.2. The van der Waals surface area contributed by atoms with Crippen molar-refractivity contribution in [1.29, 1.82) is 0 Å². The van der Waals surface area contributed by atoms with Crippen molar-refractivity contribution < 1.29 is 9.21 Å². The highest BCUT2D eigenvalue weighted by atomic mass is 79.9. The van der Waals surface area contributed by atoms with Gasteiger partial charge in [0.05, 0.1) is 12.3 Å². The lowest BCUT2D eigenvalue weighted by Gasteiger charge is -2.35. The van der Waals surface area contributed by atoms with Gasteiger partial charge in [0, 0.05) is 14.9 Å². The highest BCUT2D eigenvalue weighted by Gasteiger charge is 2.28. The van der Waals surface area contributed by atoms with Crippen LogP contribution in [-0.2, 0) is 6.42 Å². The molecule has 0 spiro atoms. The van der Waals surface area contributed by atoms with Gasteiger partial charge in [-0.3, -0.25) is 9.69 Å². The number of nitrogens with one attached hydrogen (secondary N) is 1. The molecule has 1 amide bonds. The predicted molar refractivity (Wildman–Crippen MR) is 122 cm³/mol. The van der Waals surface area contributed by atoms with Gasteiger partial charge < -0.3 is 9.73 Å². The number of nitrogens with zero attached hydrogens (tertiary/aromatic N) is 1. The lowest BCUT2D eigenvalue weighted by molar-refractivity contribution is 0.0996. The van der Waals surface area contributed by atoms with Crippen LogP contribution >= 0.6 is 27.3 Å². The molecule has 1 atom stereocenters. The first kappa shape index (κ1) is 20.4. The van der Waals surface area contributed by atoms with Crippen LogP contribution in [0.15, 0.2) is 57.6 Å². The lowest BCUT2D eigenvalue weighted by Crippen LogP contribution is -2.34. The van der Waals surface area contributed by atoms with E-state index in [0.29, 0.717) is 5.76 Å². The fraction of sp³-hybridized carbons (Fsp3) is 0.348. The monoisotopic (exact) mass is 472 g/mol. The minimum atomic E-state index is -0.201. The van der Waals surface area contributed by atoms with E-state index in [-0.39, 0.29) is 11.9 Å². The Bertz CT molecular complexity index is 961. The zero-order chi connectivity index (χ0) is 20.2. The zero-order valence-electron chi connectivity index (χ0n) is 16.5. The van der Waals surface area contributed by atoms with Crippen LogP contribution in [0.1, 0.15) is 58.8 Å². The molecule has 1 aliphatic rings. The maximum atomic E-state index is 12.7. The van der Waals surface area contributed by atoms with Crippen molar-refractivity contribution >= 4 is 38.2 Å². The maximum Gasteiger partial charge on any atom is 0.291 e. The van der Waals surface area contributed by atoms with Crippen molar-refractivity contribution in [2.45, 2.75) is 38.6 Å². The number of furan rings is 1. The molecule has 0 bridgehead atoms.